The lowest BCUT2D eigenvalue weighted by atomic mass is 10.2. The number of amides is 1. The third-order valence-electron chi connectivity index (χ3n) is 5.48. The molecule has 1 aliphatic heterocycles. The average molecular weight is 464 g/mol. The zero-order chi connectivity index (χ0) is 23.6. The third-order valence-corrected chi connectivity index (χ3v) is 6.50. The van der Waals surface area contributed by atoms with Crippen molar-refractivity contribution in [1.82, 2.24) is 9.94 Å². The van der Waals surface area contributed by atoms with Gasteiger partial charge in [-0.1, -0.05) is 30.0 Å². The lowest BCUT2D eigenvalue weighted by molar-refractivity contribution is 0.102. The zero-order valence-electron chi connectivity index (χ0n) is 18.7. The number of hydrogen-bond donors (Lipinski definition) is 1. The SMILES string of the molecule is CN(C)C1CCN(c2ccc(NC(=O)c3ccc(Sc4ccccc4)cc3)cc2)C1.O=[N+]=O. The van der Waals surface area contributed by atoms with Crippen LogP contribution < -0.4 is 15.3 Å². The van der Waals surface area contributed by atoms with Gasteiger partial charge in [-0.2, -0.15) is 0 Å². The van der Waals surface area contributed by atoms with Gasteiger partial charge in [-0.15, -0.1) is 0 Å². The van der Waals surface area contributed by atoms with Crippen LogP contribution in [0.5, 0.6) is 0 Å². The van der Waals surface area contributed by atoms with Gasteiger partial charge in [0.05, 0.1) is 0 Å². The van der Waals surface area contributed by atoms with Crippen molar-refractivity contribution in [2.75, 3.05) is 37.4 Å². The maximum atomic E-state index is 12.6. The fourth-order valence-electron chi connectivity index (χ4n) is 3.66. The first-order valence-electron chi connectivity index (χ1n) is 10.6. The summed E-state index contributed by atoms with van der Waals surface area (Å²) in [6, 6.07) is 26.7. The minimum atomic E-state index is -0.0899. The summed E-state index contributed by atoms with van der Waals surface area (Å²) in [5, 5.41) is 4.00. The fraction of sp³-hybridized carbons (Fsp3) is 0.240. The predicted molar refractivity (Wildman–Crippen MR) is 135 cm³/mol. The van der Waals surface area contributed by atoms with Crippen LogP contribution in [-0.4, -0.2) is 44.0 Å². The molecular formula is C25H27N4O3S+. The van der Waals surface area contributed by atoms with Gasteiger partial charge < -0.3 is 15.1 Å². The Bertz CT molecular complexity index is 1070. The number of hydrogen-bond acceptors (Lipinski definition) is 6. The smallest absolute Gasteiger partial charge is 0.370 e. The highest BCUT2D eigenvalue weighted by Crippen LogP contribution is 2.28. The standard InChI is InChI=1S/C25H27N3OS.NO2/c1-27(2)22-16-17-28(18-22)21-12-10-20(11-13-21)26-25(29)19-8-14-24(15-9-19)30-23-6-4-3-5-7-23;2-1-3/h3-15,22H,16-18H2,1-2H3,(H,26,29);/q;+1. The van der Waals surface area contributed by atoms with Crippen LogP contribution >= 0.6 is 11.8 Å². The highest BCUT2D eigenvalue weighted by molar-refractivity contribution is 7.99. The Kier molecular flexibility index (Phi) is 8.78. The lowest BCUT2D eigenvalue weighted by Crippen LogP contribution is -2.31. The zero-order valence-corrected chi connectivity index (χ0v) is 19.5. The largest absolute Gasteiger partial charge is 0.569 e. The molecule has 0 bridgehead atoms. The molecule has 0 radical (unpaired) electrons. The normalized spacial score (nSPS) is 14.9. The van der Waals surface area contributed by atoms with Gasteiger partial charge in [0.15, 0.2) is 0 Å². The van der Waals surface area contributed by atoms with Crippen LogP contribution in [0.4, 0.5) is 11.4 Å². The first-order chi connectivity index (χ1) is 16.0. The molecule has 1 saturated heterocycles. The second-order valence-corrected chi connectivity index (χ2v) is 9.01. The van der Waals surface area contributed by atoms with Crippen LogP contribution in [-0.2, 0) is 0 Å². The second kappa shape index (κ2) is 12.0. The summed E-state index contributed by atoms with van der Waals surface area (Å²) in [4.78, 5) is 35.6. The van der Waals surface area contributed by atoms with Crippen molar-refractivity contribution >= 4 is 29.0 Å². The number of nitrogens with one attached hydrogen (secondary N) is 1. The summed E-state index contributed by atoms with van der Waals surface area (Å²) in [6.07, 6.45) is 1.18. The fourth-order valence-corrected chi connectivity index (χ4v) is 4.49. The van der Waals surface area contributed by atoms with Crippen molar-refractivity contribution in [2.24, 2.45) is 0 Å². The Morgan fingerprint density at radius 2 is 1.55 bits per heavy atom. The quantitative estimate of drug-likeness (QED) is 0.528. The summed E-state index contributed by atoms with van der Waals surface area (Å²) in [7, 11) is 4.28. The number of benzene rings is 3. The number of rotatable bonds is 6. The van der Waals surface area contributed by atoms with Gasteiger partial charge >= 0.3 is 5.04 Å². The van der Waals surface area contributed by atoms with E-state index in [1.165, 1.54) is 17.0 Å². The van der Waals surface area contributed by atoms with E-state index in [1.54, 1.807) is 11.8 Å². The molecular weight excluding hydrogens is 436 g/mol. The van der Waals surface area contributed by atoms with Crippen LogP contribution in [0.3, 0.4) is 0 Å². The molecule has 4 rings (SSSR count). The molecule has 1 heterocycles. The number of carbonyl (C=O) groups is 1. The molecule has 0 aliphatic carbocycles. The van der Waals surface area contributed by atoms with E-state index < -0.39 is 0 Å². The summed E-state index contributed by atoms with van der Waals surface area (Å²) in [6.45, 7) is 2.12. The number of anilines is 2. The molecule has 3 aromatic rings. The number of likely N-dealkylation sites (N-methyl/N-ethyl adjacent to an activating group) is 1. The molecule has 0 spiro atoms. The maximum absolute atomic E-state index is 12.6. The highest BCUT2D eigenvalue weighted by atomic mass is 32.2. The summed E-state index contributed by atoms with van der Waals surface area (Å²) >= 11 is 1.69. The molecule has 7 nitrogen and oxygen atoms in total. The van der Waals surface area contributed by atoms with Crippen molar-refractivity contribution in [3.63, 3.8) is 0 Å². The molecule has 1 unspecified atom stereocenters. The third kappa shape index (κ3) is 7.02. The van der Waals surface area contributed by atoms with E-state index in [-0.39, 0.29) is 5.91 Å². The molecule has 8 heteroatoms. The average Bonchev–Trinajstić information content (AvgIpc) is 3.32. The molecule has 1 fully saturated rings. The summed E-state index contributed by atoms with van der Waals surface area (Å²) < 4.78 is 0. The predicted octanol–water partition coefficient (Wildman–Crippen LogP) is 4.82. The van der Waals surface area contributed by atoms with E-state index in [4.69, 9.17) is 9.81 Å². The van der Waals surface area contributed by atoms with Crippen molar-refractivity contribution in [1.29, 1.82) is 0 Å². The second-order valence-electron chi connectivity index (χ2n) is 7.87. The maximum Gasteiger partial charge on any atom is 0.569 e. The van der Waals surface area contributed by atoms with Crippen LogP contribution in [0.15, 0.2) is 88.7 Å². The van der Waals surface area contributed by atoms with E-state index in [9.17, 15) is 4.79 Å². The van der Waals surface area contributed by atoms with E-state index >= 15 is 0 Å². The molecule has 1 atom stereocenters. The Morgan fingerprint density at radius 3 is 2.12 bits per heavy atom. The molecule has 33 heavy (non-hydrogen) atoms. The molecule has 3 aromatic carbocycles. The van der Waals surface area contributed by atoms with Crippen molar-refractivity contribution in [3.05, 3.63) is 94.2 Å². The molecule has 1 amide bonds. The summed E-state index contributed by atoms with van der Waals surface area (Å²) in [5.74, 6) is -0.0899. The lowest BCUT2D eigenvalue weighted by Gasteiger charge is -2.22. The van der Waals surface area contributed by atoms with Gasteiger partial charge in [-0.3, -0.25) is 4.79 Å². The first kappa shape index (κ1) is 24.2. The molecule has 0 aromatic heterocycles. The van der Waals surface area contributed by atoms with Gasteiger partial charge in [-0.25, -0.2) is 0 Å². The van der Waals surface area contributed by atoms with Gasteiger partial charge in [0.25, 0.3) is 5.91 Å². The highest BCUT2D eigenvalue weighted by Gasteiger charge is 2.23. The number of carbonyl (C=O) groups excluding carboxylic acids is 1. The molecule has 1 aliphatic rings. The molecule has 1 N–H and O–H groups in total. The van der Waals surface area contributed by atoms with E-state index in [1.807, 2.05) is 54.6 Å². The van der Waals surface area contributed by atoms with Gasteiger partial charge in [0, 0.05) is 45.9 Å². The van der Waals surface area contributed by atoms with Crippen LogP contribution in [0.2, 0.25) is 0 Å². The summed E-state index contributed by atoms with van der Waals surface area (Å²) in [5.41, 5.74) is 2.68. The topological polar surface area (TPSA) is 83.8 Å². The monoisotopic (exact) mass is 463 g/mol. The molecule has 0 saturated carbocycles. The van der Waals surface area contributed by atoms with Crippen molar-refractivity contribution in [2.45, 2.75) is 22.3 Å². The van der Waals surface area contributed by atoms with Crippen LogP contribution in [0, 0.1) is 9.81 Å². The first-order valence-corrected chi connectivity index (χ1v) is 11.4. The van der Waals surface area contributed by atoms with E-state index in [0.717, 1.165) is 28.7 Å². The number of nitroso groups, excluding NO2 is 2. The Labute approximate surface area is 197 Å². The van der Waals surface area contributed by atoms with E-state index in [0.29, 0.717) is 11.6 Å². The number of nitrogens with zero attached hydrogens (tertiary/aromatic N) is 3. The van der Waals surface area contributed by atoms with Crippen molar-refractivity contribution in [3.8, 4) is 0 Å². The van der Waals surface area contributed by atoms with Gasteiger partial charge in [0.2, 0.25) is 9.81 Å². The minimum Gasteiger partial charge on any atom is -0.370 e. The Balaban J connectivity index is 0.000000968. The van der Waals surface area contributed by atoms with Crippen molar-refractivity contribution < 1.29 is 4.79 Å². The molecule has 170 valence electrons. The van der Waals surface area contributed by atoms with E-state index in [2.05, 4.69) is 53.5 Å². The van der Waals surface area contributed by atoms with Crippen LogP contribution in [0.25, 0.3) is 0 Å². The van der Waals surface area contributed by atoms with Crippen LogP contribution in [0.1, 0.15) is 16.8 Å². The Hall–Kier alpha value is -3.45. The van der Waals surface area contributed by atoms with Gasteiger partial charge in [0.1, 0.15) is 0 Å². The minimum absolute atomic E-state index is 0.0899. The van der Waals surface area contributed by atoms with Gasteiger partial charge in [-0.05, 0) is 81.2 Å². The Morgan fingerprint density at radius 1 is 0.939 bits per heavy atom.